The van der Waals surface area contributed by atoms with Gasteiger partial charge in [0.1, 0.15) is 12.1 Å². The van der Waals surface area contributed by atoms with E-state index in [1.54, 1.807) is 28.9 Å². The molecule has 1 unspecified atom stereocenters. The van der Waals surface area contributed by atoms with Gasteiger partial charge in [-0.1, -0.05) is 23.7 Å². The van der Waals surface area contributed by atoms with Crippen LogP contribution in [0.25, 0.3) is 0 Å². The van der Waals surface area contributed by atoms with Crippen molar-refractivity contribution in [3.63, 3.8) is 0 Å². The van der Waals surface area contributed by atoms with Gasteiger partial charge in [-0.2, -0.15) is 4.68 Å². The zero-order valence-corrected chi connectivity index (χ0v) is 16.4. The third-order valence-electron chi connectivity index (χ3n) is 5.41. The quantitative estimate of drug-likeness (QED) is 0.785. The Bertz CT molecular complexity index is 944. The first-order valence-electron chi connectivity index (χ1n) is 9.73. The molecule has 2 aliphatic rings. The Labute approximate surface area is 168 Å². The Balaban J connectivity index is 1.68. The van der Waals surface area contributed by atoms with E-state index in [0.717, 1.165) is 31.2 Å². The lowest BCUT2D eigenvalue weighted by Gasteiger charge is -2.29. The summed E-state index contributed by atoms with van der Waals surface area (Å²) in [6.45, 7) is 1.81. The van der Waals surface area contributed by atoms with Crippen molar-refractivity contribution in [1.29, 1.82) is 0 Å². The van der Waals surface area contributed by atoms with Gasteiger partial charge < -0.3 is 14.8 Å². The van der Waals surface area contributed by atoms with E-state index in [0.29, 0.717) is 22.8 Å². The zero-order chi connectivity index (χ0) is 20.4. The molecule has 1 aromatic heterocycles. The fraction of sp³-hybridized carbons (Fsp3) is 0.450. The zero-order valence-electron chi connectivity index (χ0n) is 16.4. The normalized spacial score (nSPS) is 19.3. The lowest BCUT2D eigenvalue weighted by atomic mass is 9.94. The first kappa shape index (κ1) is 19.1. The third kappa shape index (κ3) is 3.72. The van der Waals surface area contributed by atoms with E-state index >= 15 is 0 Å². The Morgan fingerprint density at radius 1 is 1.10 bits per heavy atom. The first-order valence-corrected chi connectivity index (χ1v) is 9.73. The number of methoxy groups -OCH3 is 1. The fourth-order valence-electron chi connectivity index (χ4n) is 3.90. The maximum Gasteiger partial charge on any atom is 0.338 e. The highest BCUT2D eigenvalue weighted by molar-refractivity contribution is 5.93. The number of nitrogens with one attached hydrogen (secondary N) is 1. The maximum absolute atomic E-state index is 13.1. The molecule has 0 amide bonds. The summed E-state index contributed by atoms with van der Waals surface area (Å²) in [6.07, 6.45) is 5.04. The number of carbonyl (C=O) groups excluding carboxylic acids is 2. The van der Waals surface area contributed by atoms with Gasteiger partial charge in [-0.3, -0.25) is 0 Å². The first-order chi connectivity index (χ1) is 14.1. The van der Waals surface area contributed by atoms with Crippen molar-refractivity contribution in [3.8, 4) is 0 Å². The molecule has 0 spiro atoms. The molecule has 9 heteroatoms. The molecule has 1 fully saturated rings. The number of benzene rings is 1. The van der Waals surface area contributed by atoms with Crippen LogP contribution in [0, 0.1) is 0 Å². The van der Waals surface area contributed by atoms with E-state index in [2.05, 4.69) is 20.8 Å². The van der Waals surface area contributed by atoms with E-state index < -0.39 is 12.0 Å². The fourth-order valence-corrected chi connectivity index (χ4v) is 3.90. The molecule has 0 saturated heterocycles. The standard InChI is InChI=1S/C20H23N5O4/c1-12-16(19(27)29-15-6-4-3-5-7-15)17(25-20(21-12)22-23-24-25)13-8-10-14(11-9-13)18(26)28-2/h8-11,15,17H,3-7H2,1-2H3,(H,21,22,24). The van der Waals surface area contributed by atoms with E-state index in [1.165, 1.54) is 13.5 Å². The van der Waals surface area contributed by atoms with E-state index in [9.17, 15) is 9.59 Å². The van der Waals surface area contributed by atoms with Crippen LogP contribution in [-0.2, 0) is 14.3 Å². The van der Waals surface area contributed by atoms with Crippen LogP contribution in [0.1, 0.15) is 61.0 Å². The second kappa shape index (κ2) is 8.02. The van der Waals surface area contributed by atoms with Crippen LogP contribution in [-0.4, -0.2) is 45.4 Å². The van der Waals surface area contributed by atoms with E-state index in [1.807, 2.05) is 6.92 Å². The molecule has 2 heterocycles. The lowest BCUT2D eigenvalue weighted by molar-refractivity contribution is -0.146. The molecular formula is C20H23N5O4. The summed E-state index contributed by atoms with van der Waals surface area (Å²) >= 11 is 0. The SMILES string of the molecule is COC(=O)c1ccc(C2C(C(=O)OC3CCCCC3)=C(C)Nc3nnnn32)cc1. The number of rotatable bonds is 4. The van der Waals surface area contributed by atoms with Crippen molar-refractivity contribution >= 4 is 17.9 Å². The number of carbonyl (C=O) groups is 2. The molecule has 9 nitrogen and oxygen atoms in total. The van der Waals surface area contributed by atoms with Gasteiger partial charge in [0.2, 0.25) is 5.95 Å². The van der Waals surface area contributed by atoms with E-state index in [-0.39, 0.29) is 12.1 Å². The molecule has 1 aromatic carbocycles. The Morgan fingerprint density at radius 2 is 1.83 bits per heavy atom. The average Bonchev–Trinajstić information content (AvgIpc) is 3.21. The predicted octanol–water partition coefficient (Wildman–Crippen LogP) is 2.62. The van der Waals surface area contributed by atoms with Gasteiger partial charge in [-0.25, -0.2) is 9.59 Å². The number of hydrogen-bond acceptors (Lipinski definition) is 8. The summed E-state index contributed by atoms with van der Waals surface area (Å²) in [5, 5.41) is 14.9. The van der Waals surface area contributed by atoms with E-state index in [4.69, 9.17) is 9.47 Å². The number of fused-ring (bicyclic) bond motifs is 1. The second-order valence-corrected chi connectivity index (χ2v) is 7.29. The lowest BCUT2D eigenvalue weighted by Crippen LogP contribution is -2.32. The molecule has 29 heavy (non-hydrogen) atoms. The van der Waals surface area contributed by atoms with Crippen molar-refractivity contribution in [2.75, 3.05) is 12.4 Å². The molecule has 1 aliphatic carbocycles. The van der Waals surface area contributed by atoms with Crippen LogP contribution < -0.4 is 5.32 Å². The van der Waals surface area contributed by atoms with Gasteiger partial charge in [0.25, 0.3) is 0 Å². The van der Waals surface area contributed by atoms with Gasteiger partial charge in [-0.15, -0.1) is 0 Å². The summed E-state index contributed by atoms with van der Waals surface area (Å²) in [4.78, 5) is 24.9. The van der Waals surface area contributed by atoms with Gasteiger partial charge in [-0.05, 0) is 60.7 Å². The highest BCUT2D eigenvalue weighted by Gasteiger charge is 2.36. The van der Waals surface area contributed by atoms with Crippen molar-refractivity contribution in [1.82, 2.24) is 20.2 Å². The van der Waals surface area contributed by atoms with Gasteiger partial charge in [0, 0.05) is 5.70 Å². The summed E-state index contributed by atoms with van der Waals surface area (Å²) in [7, 11) is 1.34. The Hall–Kier alpha value is -3.23. The summed E-state index contributed by atoms with van der Waals surface area (Å²) < 4.78 is 12.1. The molecule has 152 valence electrons. The number of tetrazole rings is 1. The van der Waals surface area contributed by atoms with Crippen molar-refractivity contribution in [3.05, 3.63) is 46.7 Å². The predicted molar refractivity (Wildman–Crippen MR) is 103 cm³/mol. The van der Waals surface area contributed by atoms with Crippen LogP contribution in [0.3, 0.4) is 0 Å². The monoisotopic (exact) mass is 397 g/mol. The largest absolute Gasteiger partial charge is 0.465 e. The smallest absolute Gasteiger partial charge is 0.338 e. The van der Waals surface area contributed by atoms with Gasteiger partial charge >= 0.3 is 11.9 Å². The van der Waals surface area contributed by atoms with Crippen LogP contribution in [0.5, 0.6) is 0 Å². The third-order valence-corrected chi connectivity index (χ3v) is 5.41. The summed E-state index contributed by atoms with van der Waals surface area (Å²) in [6, 6.07) is 6.31. The van der Waals surface area contributed by atoms with Gasteiger partial charge in [0.05, 0.1) is 18.2 Å². The number of esters is 2. The second-order valence-electron chi connectivity index (χ2n) is 7.29. The molecule has 4 rings (SSSR count). The minimum Gasteiger partial charge on any atom is -0.465 e. The summed E-state index contributed by atoms with van der Waals surface area (Å²) in [5.41, 5.74) is 2.30. The molecule has 1 aliphatic heterocycles. The molecule has 1 N–H and O–H groups in total. The van der Waals surface area contributed by atoms with Crippen molar-refractivity contribution in [2.24, 2.45) is 0 Å². The summed E-state index contributed by atoms with van der Waals surface area (Å²) in [5.74, 6) is -0.350. The van der Waals surface area contributed by atoms with Crippen molar-refractivity contribution < 1.29 is 19.1 Å². The van der Waals surface area contributed by atoms with Crippen LogP contribution >= 0.6 is 0 Å². The molecule has 2 aromatic rings. The number of allylic oxidation sites excluding steroid dienone is 1. The molecule has 1 saturated carbocycles. The number of nitrogens with zero attached hydrogens (tertiary/aromatic N) is 4. The number of anilines is 1. The number of ether oxygens (including phenoxy) is 2. The average molecular weight is 397 g/mol. The number of hydrogen-bond donors (Lipinski definition) is 1. The number of aromatic nitrogens is 4. The topological polar surface area (TPSA) is 108 Å². The Morgan fingerprint density at radius 3 is 2.52 bits per heavy atom. The van der Waals surface area contributed by atoms with Crippen LogP contribution in [0.4, 0.5) is 5.95 Å². The van der Waals surface area contributed by atoms with Crippen molar-refractivity contribution in [2.45, 2.75) is 51.2 Å². The maximum atomic E-state index is 13.1. The van der Waals surface area contributed by atoms with Gasteiger partial charge in [0.15, 0.2) is 0 Å². The highest BCUT2D eigenvalue weighted by atomic mass is 16.5. The van der Waals surface area contributed by atoms with Crippen LogP contribution in [0.15, 0.2) is 35.5 Å². The molecule has 1 atom stereocenters. The minimum absolute atomic E-state index is 0.0610. The molecule has 0 radical (unpaired) electrons. The van der Waals surface area contributed by atoms with Crippen LogP contribution in [0.2, 0.25) is 0 Å². The molecule has 0 bridgehead atoms. The Kier molecular flexibility index (Phi) is 5.28. The molecular weight excluding hydrogens is 374 g/mol. The minimum atomic E-state index is -0.552. The highest BCUT2D eigenvalue weighted by Crippen LogP contribution is 2.35.